The van der Waals surface area contributed by atoms with E-state index in [2.05, 4.69) is 0 Å². The number of nitrogens with zero attached hydrogens (tertiary/aromatic N) is 2. The molecule has 1 heterocycles. The molecule has 0 aliphatic heterocycles. The molecule has 8 heteroatoms. The first-order valence-electron chi connectivity index (χ1n) is 3.77. The number of aliphatic carboxylic acids is 2. The Bertz CT molecular complexity index is 379. The van der Waals surface area contributed by atoms with E-state index in [9.17, 15) is 14.7 Å². The quantitative estimate of drug-likeness (QED) is 0.691. The summed E-state index contributed by atoms with van der Waals surface area (Å²) in [5.74, 6) is -2.45. The van der Waals surface area contributed by atoms with Crippen LogP contribution >= 0.6 is 23.2 Å². The summed E-state index contributed by atoms with van der Waals surface area (Å²) in [6, 6.07) is 0. The van der Waals surface area contributed by atoms with Gasteiger partial charge < -0.3 is 15.0 Å². The van der Waals surface area contributed by atoms with Crippen molar-refractivity contribution in [2.75, 3.05) is 0 Å². The number of aromatic nitrogens is 2. The molecule has 6 nitrogen and oxygen atoms in total. The van der Waals surface area contributed by atoms with Gasteiger partial charge in [0.15, 0.2) is 6.54 Å². The number of carboxylic acid groups (broad SMARTS) is 2. The molecule has 15 heavy (non-hydrogen) atoms. The average molecular weight is 253 g/mol. The van der Waals surface area contributed by atoms with Gasteiger partial charge in [-0.25, -0.2) is 13.9 Å². The van der Waals surface area contributed by atoms with Crippen LogP contribution in [0.4, 0.5) is 0 Å². The second-order valence-electron chi connectivity index (χ2n) is 2.72. The first-order chi connectivity index (χ1) is 6.91. The zero-order valence-corrected chi connectivity index (χ0v) is 8.83. The van der Waals surface area contributed by atoms with Crippen LogP contribution in [0.15, 0.2) is 6.33 Å². The molecule has 0 spiro atoms. The molecule has 0 saturated carbocycles. The van der Waals surface area contributed by atoms with Crippen molar-refractivity contribution in [3.8, 4) is 0 Å². The molecule has 0 aliphatic carbocycles. The summed E-state index contributed by atoms with van der Waals surface area (Å²) in [7, 11) is 0. The molecule has 0 aliphatic rings. The van der Waals surface area contributed by atoms with E-state index in [-0.39, 0.29) is 10.3 Å². The Morgan fingerprint density at radius 1 is 1.53 bits per heavy atom. The minimum atomic E-state index is -1.34. The number of carbonyl (C=O) groups excluding carboxylic acids is 1. The van der Waals surface area contributed by atoms with Crippen molar-refractivity contribution in [3.63, 3.8) is 0 Å². The van der Waals surface area contributed by atoms with Gasteiger partial charge >= 0.3 is 5.97 Å². The third-order valence-corrected chi connectivity index (χ3v) is 2.45. The largest absolute Gasteiger partial charge is 0.546 e. The van der Waals surface area contributed by atoms with Gasteiger partial charge in [-0.15, -0.1) is 0 Å². The molecule has 0 unspecified atom stereocenters. The predicted octanol–water partition coefficient (Wildman–Crippen LogP) is -1.08. The van der Waals surface area contributed by atoms with Gasteiger partial charge in [-0.05, 0) is 23.2 Å². The molecule has 1 N–H and O–H groups in total. The highest BCUT2D eigenvalue weighted by molar-refractivity contribution is 6.39. The number of rotatable bonds is 4. The zero-order valence-electron chi connectivity index (χ0n) is 7.31. The molecule has 1 aromatic rings. The van der Waals surface area contributed by atoms with Gasteiger partial charge in [-0.3, -0.25) is 0 Å². The summed E-state index contributed by atoms with van der Waals surface area (Å²) in [5, 5.41) is 18.8. The zero-order chi connectivity index (χ0) is 11.6. The van der Waals surface area contributed by atoms with Crippen molar-refractivity contribution in [1.29, 1.82) is 0 Å². The topological polar surface area (TPSA) is 86.2 Å². The molecule has 1 aromatic heterocycles. The van der Waals surface area contributed by atoms with E-state index >= 15 is 0 Å². The Kier molecular flexibility index (Phi) is 3.54. The van der Waals surface area contributed by atoms with Crippen LogP contribution in [0.25, 0.3) is 0 Å². The molecular weight excluding hydrogens is 247 g/mol. The van der Waals surface area contributed by atoms with E-state index in [1.807, 2.05) is 0 Å². The highest BCUT2D eigenvalue weighted by Gasteiger charge is 2.21. The maximum atomic E-state index is 10.4. The van der Waals surface area contributed by atoms with Crippen LogP contribution in [0.1, 0.15) is 0 Å². The second kappa shape index (κ2) is 4.50. The number of hydrogen-bond acceptors (Lipinski definition) is 3. The fourth-order valence-electron chi connectivity index (χ4n) is 1.01. The Hall–Kier alpha value is -1.27. The van der Waals surface area contributed by atoms with E-state index in [4.69, 9.17) is 28.3 Å². The first-order valence-corrected chi connectivity index (χ1v) is 4.52. The Balaban J connectivity index is 3.00. The molecule has 0 amide bonds. The highest BCUT2D eigenvalue weighted by atomic mass is 35.5. The normalized spacial score (nSPS) is 10.3. The summed E-state index contributed by atoms with van der Waals surface area (Å²) < 4.78 is 2.21. The van der Waals surface area contributed by atoms with Gasteiger partial charge in [0.1, 0.15) is 6.54 Å². The fourth-order valence-corrected chi connectivity index (χ4v) is 1.44. The fraction of sp³-hybridized carbons (Fsp3) is 0.286. The summed E-state index contributed by atoms with van der Waals surface area (Å²) in [6.07, 6.45) is 1.20. The van der Waals surface area contributed by atoms with Crippen molar-refractivity contribution in [2.45, 2.75) is 13.1 Å². The van der Waals surface area contributed by atoms with Crippen LogP contribution in [0.2, 0.25) is 10.3 Å². The Morgan fingerprint density at radius 2 is 2.13 bits per heavy atom. The highest BCUT2D eigenvalue weighted by Crippen LogP contribution is 2.17. The van der Waals surface area contributed by atoms with Crippen molar-refractivity contribution < 1.29 is 24.4 Å². The summed E-state index contributed by atoms with van der Waals surface area (Å²) >= 11 is 11.3. The van der Waals surface area contributed by atoms with Crippen molar-refractivity contribution in [1.82, 2.24) is 4.57 Å². The molecule has 0 radical (unpaired) electrons. The monoisotopic (exact) mass is 252 g/mol. The van der Waals surface area contributed by atoms with Crippen LogP contribution in [0.5, 0.6) is 0 Å². The van der Waals surface area contributed by atoms with Gasteiger partial charge in [0.05, 0.1) is 5.97 Å². The number of halogens is 2. The standard InChI is InChI=1S/C7H6Cl2N2O4/c8-6-7(9)11(2-5(14)15)3-10(6)1-4(12)13/h3H,1-2H2,(H-,12,13,14,15). The summed E-state index contributed by atoms with van der Waals surface area (Å²) in [4.78, 5) is 20.7. The smallest absolute Gasteiger partial charge is 0.346 e. The van der Waals surface area contributed by atoms with Crippen molar-refractivity contribution >= 4 is 35.1 Å². The number of carbonyl (C=O) groups is 2. The van der Waals surface area contributed by atoms with Crippen LogP contribution in [-0.2, 0) is 22.7 Å². The molecule has 0 fully saturated rings. The third-order valence-electron chi connectivity index (χ3n) is 1.56. The van der Waals surface area contributed by atoms with E-state index in [1.54, 1.807) is 0 Å². The summed E-state index contributed by atoms with van der Waals surface area (Å²) in [5.41, 5.74) is 0. The minimum Gasteiger partial charge on any atom is -0.546 e. The van der Waals surface area contributed by atoms with Crippen LogP contribution < -0.4 is 9.67 Å². The van der Waals surface area contributed by atoms with E-state index in [0.29, 0.717) is 0 Å². The lowest BCUT2D eigenvalue weighted by Gasteiger charge is -1.96. The molecule has 82 valence electrons. The maximum absolute atomic E-state index is 10.4. The van der Waals surface area contributed by atoms with Gasteiger partial charge in [-0.2, -0.15) is 0 Å². The molecule has 0 saturated heterocycles. The molecule has 0 bridgehead atoms. The van der Waals surface area contributed by atoms with Gasteiger partial charge in [-0.1, -0.05) is 0 Å². The molecule has 1 rings (SSSR count). The van der Waals surface area contributed by atoms with Gasteiger partial charge in [0.25, 0.3) is 10.3 Å². The molecular formula is C7H6Cl2N2O4. The molecule has 0 aromatic carbocycles. The number of hydrogen-bond donors (Lipinski definition) is 1. The van der Waals surface area contributed by atoms with Crippen molar-refractivity contribution in [3.05, 3.63) is 16.6 Å². The number of imidazole rings is 1. The third kappa shape index (κ3) is 2.84. The van der Waals surface area contributed by atoms with Crippen LogP contribution in [0, 0.1) is 0 Å². The Labute approximate surface area is 94.3 Å². The van der Waals surface area contributed by atoms with E-state index in [1.165, 1.54) is 6.33 Å². The lowest BCUT2D eigenvalue weighted by atomic mass is 10.6. The first kappa shape index (κ1) is 11.8. The number of carboxylic acids is 2. The van der Waals surface area contributed by atoms with E-state index < -0.39 is 25.0 Å². The van der Waals surface area contributed by atoms with Gasteiger partial charge in [0.2, 0.25) is 6.33 Å². The lowest BCUT2D eigenvalue weighted by molar-refractivity contribution is -0.688. The lowest BCUT2D eigenvalue weighted by Crippen LogP contribution is -2.43. The van der Waals surface area contributed by atoms with Crippen molar-refractivity contribution in [2.24, 2.45) is 0 Å². The van der Waals surface area contributed by atoms with E-state index in [0.717, 1.165) is 9.13 Å². The average Bonchev–Trinajstić information content (AvgIpc) is 2.32. The summed E-state index contributed by atoms with van der Waals surface area (Å²) in [6.45, 7) is -0.871. The Morgan fingerprint density at radius 3 is 2.60 bits per heavy atom. The minimum absolute atomic E-state index is 0.0275. The van der Waals surface area contributed by atoms with Gasteiger partial charge in [0, 0.05) is 0 Å². The second-order valence-corrected chi connectivity index (χ2v) is 3.43. The molecule has 0 atom stereocenters. The SMILES string of the molecule is O=C([O-])C[n+]1cn(CC(=O)O)c(Cl)c1Cl. The maximum Gasteiger partial charge on any atom is 0.346 e. The van der Waals surface area contributed by atoms with Crippen LogP contribution in [0.3, 0.4) is 0 Å². The van der Waals surface area contributed by atoms with Crippen LogP contribution in [-0.4, -0.2) is 21.6 Å². The predicted molar refractivity (Wildman–Crippen MR) is 47.3 cm³/mol.